The lowest BCUT2D eigenvalue weighted by atomic mass is 10.1. The van der Waals surface area contributed by atoms with Crippen molar-refractivity contribution in [3.63, 3.8) is 0 Å². The molecule has 5 nitrogen and oxygen atoms in total. The Hall–Kier alpha value is -2.55. The molecule has 1 fully saturated rings. The second-order valence-electron chi connectivity index (χ2n) is 6.18. The molecule has 144 valence electrons. The molecule has 1 heterocycles. The number of nitrogens with one attached hydrogen (secondary N) is 1. The molecule has 9 heteroatoms. The van der Waals surface area contributed by atoms with Gasteiger partial charge in [-0.15, -0.1) is 0 Å². The predicted octanol–water partition coefficient (Wildman–Crippen LogP) is 4.02. The second-order valence-corrected chi connectivity index (χ2v) is 7.86. The first-order valence-corrected chi connectivity index (χ1v) is 9.76. The summed E-state index contributed by atoms with van der Waals surface area (Å²) in [5, 5.41) is 0. The number of carbonyl (C=O) groups excluding carboxylic acids is 1. The molecule has 0 aromatic heterocycles. The third-order valence-corrected chi connectivity index (χ3v) is 5.62. The van der Waals surface area contributed by atoms with Gasteiger partial charge in [0, 0.05) is 24.3 Å². The predicted molar refractivity (Wildman–Crippen MR) is 94.9 cm³/mol. The zero-order chi connectivity index (χ0) is 19.7. The van der Waals surface area contributed by atoms with Crippen LogP contribution in [0, 0.1) is 0 Å². The molecule has 2 aromatic carbocycles. The lowest BCUT2D eigenvalue weighted by molar-refractivity contribution is -0.137. The number of amides is 1. The molecule has 0 aliphatic carbocycles. The quantitative estimate of drug-likeness (QED) is 0.846. The molecule has 27 heavy (non-hydrogen) atoms. The Balaban J connectivity index is 1.80. The minimum absolute atomic E-state index is 0.0149. The van der Waals surface area contributed by atoms with E-state index in [-0.39, 0.29) is 16.5 Å². The van der Waals surface area contributed by atoms with Crippen LogP contribution in [0.25, 0.3) is 0 Å². The van der Waals surface area contributed by atoms with Crippen LogP contribution in [-0.2, 0) is 21.0 Å². The summed E-state index contributed by atoms with van der Waals surface area (Å²) in [4.78, 5) is 13.4. The Morgan fingerprint density at radius 3 is 2.33 bits per heavy atom. The zero-order valence-electron chi connectivity index (χ0n) is 14.2. The lowest BCUT2D eigenvalue weighted by Crippen LogP contribution is -2.35. The van der Waals surface area contributed by atoms with Gasteiger partial charge in [-0.2, -0.15) is 13.2 Å². The van der Waals surface area contributed by atoms with Gasteiger partial charge in [-0.3, -0.25) is 9.52 Å². The van der Waals surface area contributed by atoms with E-state index in [1.54, 1.807) is 4.90 Å². The number of halogens is 3. The Kier molecular flexibility index (Phi) is 5.14. The minimum Gasteiger partial charge on any atom is -0.312 e. The number of benzene rings is 2. The molecule has 0 unspecified atom stereocenters. The van der Waals surface area contributed by atoms with E-state index < -0.39 is 21.8 Å². The van der Waals surface area contributed by atoms with Gasteiger partial charge in [0.05, 0.1) is 10.5 Å². The van der Waals surface area contributed by atoms with Crippen molar-refractivity contribution in [2.75, 3.05) is 16.2 Å². The average Bonchev–Trinajstić information content (AvgIpc) is 2.61. The van der Waals surface area contributed by atoms with Gasteiger partial charge in [0.15, 0.2) is 0 Å². The Morgan fingerprint density at radius 2 is 1.70 bits per heavy atom. The first-order chi connectivity index (χ1) is 12.7. The van der Waals surface area contributed by atoms with Crippen LogP contribution in [0.15, 0.2) is 53.4 Å². The number of carbonyl (C=O) groups is 1. The average molecular weight is 398 g/mol. The van der Waals surface area contributed by atoms with Crippen molar-refractivity contribution >= 4 is 27.3 Å². The fraction of sp³-hybridized carbons (Fsp3) is 0.278. The Morgan fingerprint density at radius 1 is 1.00 bits per heavy atom. The van der Waals surface area contributed by atoms with Gasteiger partial charge in [0.25, 0.3) is 10.0 Å². The molecule has 0 bridgehead atoms. The molecule has 1 N–H and O–H groups in total. The first-order valence-electron chi connectivity index (χ1n) is 8.27. The molecule has 1 aliphatic heterocycles. The van der Waals surface area contributed by atoms with E-state index in [1.165, 1.54) is 30.3 Å². The smallest absolute Gasteiger partial charge is 0.312 e. The number of hydrogen-bond acceptors (Lipinski definition) is 3. The minimum atomic E-state index is -4.57. The van der Waals surface area contributed by atoms with Crippen LogP contribution in [0.4, 0.5) is 24.5 Å². The number of hydrogen-bond donors (Lipinski definition) is 1. The van der Waals surface area contributed by atoms with Gasteiger partial charge in [0.1, 0.15) is 0 Å². The van der Waals surface area contributed by atoms with Crippen molar-refractivity contribution in [3.05, 3.63) is 54.1 Å². The largest absolute Gasteiger partial charge is 0.416 e. The third-order valence-electron chi connectivity index (χ3n) is 4.22. The molecular formula is C18H17F3N2O3S. The summed E-state index contributed by atoms with van der Waals surface area (Å²) in [6.45, 7) is 0.577. The first kappa shape index (κ1) is 19.2. The maximum absolute atomic E-state index is 12.8. The van der Waals surface area contributed by atoms with E-state index in [4.69, 9.17) is 0 Å². The number of sulfonamides is 1. The van der Waals surface area contributed by atoms with E-state index >= 15 is 0 Å². The highest BCUT2D eigenvalue weighted by molar-refractivity contribution is 7.92. The van der Waals surface area contributed by atoms with E-state index in [0.717, 1.165) is 31.0 Å². The summed E-state index contributed by atoms with van der Waals surface area (Å²) < 4.78 is 65.3. The molecular weight excluding hydrogens is 381 g/mol. The van der Waals surface area contributed by atoms with Crippen molar-refractivity contribution in [3.8, 4) is 0 Å². The van der Waals surface area contributed by atoms with Gasteiger partial charge in [-0.25, -0.2) is 8.42 Å². The van der Waals surface area contributed by atoms with Gasteiger partial charge >= 0.3 is 6.18 Å². The fourth-order valence-electron chi connectivity index (χ4n) is 2.86. The maximum Gasteiger partial charge on any atom is 0.416 e. The van der Waals surface area contributed by atoms with E-state index in [1.807, 2.05) is 0 Å². The molecule has 1 amide bonds. The van der Waals surface area contributed by atoms with Crippen LogP contribution >= 0.6 is 0 Å². The van der Waals surface area contributed by atoms with Crippen LogP contribution in [0.5, 0.6) is 0 Å². The standard InChI is InChI=1S/C18H17F3N2O3S/c19-18(20,21)13-4-3-5-14(12-13)22-27(25,26)16-9-7-15(8-10-16)23-11-2-1-6-17(23)24/h3-5,7-10,12,22H,1-2,6,11H2. The molecule has 1 saturated heterocycles. The molecule has 0 saturated carbocycles. The van der Waals surface area contributed by atoms with Crippen molar-refractivity contribution in [1.29, 1.82) is 0 Å². The summed E-state index contributed by atoms with van der Waals surface area (Å²) in [6, 6.07) is 9.66. The van der Waals surface area contributed by atoms with Gasteiger partial charge < -0.3 is 4.90 Å². The summed E-state index contributed by atoms with van der Waals surface area (Å²) in [5.41, 5.74) is -0.528. The molecule has 0 radical (unpaired) electrons. The molecule has 0 atom stereocenters. The van der Waals surface area contributed by atoms with Gasteiger partial charge in [0.2, 0.25) is 5.91 Å². The summed E-state index contributed by atoms with van der Waals surface area (Å²) >= 11 is 0. The lowest BCUT2D eigenvalue weighted by Gasteiger charge is -2.26. The Bertz CT molecular complexity index is 941. The normalized spacial score (nSPS) is 15.7. The fourth-order valence-corrected chi connectivity index (χ4v) is 3.91. The number of rotatable bonds is 4. The topological polar surface area (TPSA) is 66.5 Å². The molecule has 3 rings (SSSR count). The van der Waals surface area contributed by atoms with Gasteiger partial charge in [-0.05, 0) is 55.3 Å². The van der Waals surface area contributed by atoms with Gasteiger partial charge in [-0.1, -0.05) is 6.07 Å². The van der Waals surface area contributed by atoms with Crippen LogP contribution in [0.1, 0.15) is 24.8 Å². The maximum atomic E-state index is 12.8. The SMILES string of the molecule is O=C1CCCCN1c1ccc(S(=O)(=O)Nc2cccc(C(F)(F)F)c2)cc1. The van der Waals surface area contributed by atoms with Crippen LogP contribution in [0.3, 0.4) is 0 Å². The number of piperidine rings is 1. The monoisotopic (exact) mass is 398 g/mol. The highest BCUT2D eigenvalue weighted by atomic mass is 32.2. The number of nitrogens with zero attached hydrogens (tertiary/aromatic N) is 1. The van der Waals surface area contributed by atoms with Crippen molar-refractivity contribution in [1.82, 2.24) is 0 Å². The summed E-state index contributed by atoms with van der Waals surface area (Å²) in [6.07, 6.45) is -2.40. The van der Waals surface area contributed by atoms with Crippen molar-refractivity contribution < 1.29 is 26.4 Å². The Labute approximate surface area is 154 Å². The zero-order valence-corrected chi connectivity index (χ0v) is 15.0. The van der Waals surface area contributed by atoms with E-state index in [0.29, 0.717) is 18.7 Å². The van der Waals surface area contributed by atoms with Crippen LogP contribution < -0.4 is 9.62 Å². The van der Waals surface area contributed by atoms with Crippen LogP contribution in [0.2, 0.25) is 0 Å². The van der Waals surface area contributed by atoms with E-state index in [9.17, 15) is 26.4 Å². The van der Waals surface area contributed by atoms with E-state index in [2.05, 4.69) is 4.72 Å². The molecule has 1 aliphatic rings. The third kappa shape index (κ3) is 4.41. The van der Waals surface area contributed by atoms with Crippen molar-refractivity contribution in [2.24, 2.45) is 0 Å². The number of alkyl halides is 3. The summed E-state index contributed by atoms with van der Waals surface area (Å²) in [5.74, 6) is -0.0149. The van der Waals surface area contributed by atoms with Crippen molar-refractivity contribution in [2.45, 2.75) is 30.3 Å². The van der Waals surface area contributed by atoms with Crippen LogP contribution in [-0.4, -0.2) is 20.9 Å². The summed E-state index contributed by atoms with van der Waals surface area (Å²) in [7, 11) is -4.06. The molecule has 0 spiro atoms. The highest BCUT2D eigenvalue weighted by Gasteiger charge is 2.30. The molecule has 2 aromatic rings. The number of anilines is 2. The highest BCUT2D eigenvalue weighted by Crippen LogP contribution is 2.31. The second kappa shape index (κ2) is 7.22.